The quantitative estimate of drug-likeness (QED) is 0.913. The first kappa shape index (κ1) is 14.5. The van der Waals surface area contributed by atoms with E-state index < -0.39 is 0 Å². The van der Waals surface area contributed by atoms with E-state index in [1.807, 2.05) is 20.9 Å². The molecule has 0 spiro atoms. The second-order valence-electron chi connectivity index (χ2n) is 6.21. The largest absolute Gasteiger partial charge is 0.376 e. The van der Waals surface area contributed by atoms with Crippen molar-refractivity contribution in [1.82, 2.24) is 15.1 Å². The van der Waals surface area contributed by atoms with Gasteiger partial charge in [-0.2, -0.15) is 5.10 Å². The zero-order valence-electron chi connectivity index (χ0n) is 13.1. The molecule has 21 heavy (non-hydrogen) atoms. The van der Waals surface area contributed by atoms with Crippen molar-refractivity contribution in [3.05, 3.63) is 17.0 Å². The van der Waals surface area contributed by atoms with E-state index in [1.54, 1.807) is 4.68 Å². The van der Waals surface area contributed by atoms with Gasteiger partial charge in [0.15, 0.2) is 5.69 Å². The first-order valence-electron chi connectivity index (χ1n) is 7.57. The number of fused-ring (bicyclic) bond motifs is 1. The van der Waals surface area contributed by atoms with Gasteiger partial charge in [0, 0.05) is 19.0 Å². The lowest BCUT2D eigenvalue weighted by atomic mass is 9.93. The van der Waals surface area contributed by atoms with Gasteiger partial charge in [0.05, 0.1) is 36.7 Å². The summed E-state index contributed by atoms with van der Waals surface area (Å²) in [5.74, 6) is -0.0988. The van der Waals surface area contributed by atoms with Crippen LogP contribution in [0.2, 0.25) is 0 Å². The highest BCUT2D eigenvalue weighted by Gasteiger charge is 2.40. The molecule has 0 unspecified atom stereocenters. The van der Waals surface area contributed by atoms with Crippen LogP contribution < -0.4 is 5.32 Å². The van der Waals surface area contributed by atoms with Crippen molar-refractivity contribution < 1.29 is 14.3 Å². The van der Waals surface area contributed by atoms with Crippen molar-refractivity contribution in [1.29, 1.82) is 0 Å². The van der Waals surface area contributed by atoms with Crippen LogP contribution in [-0.4, -0.2) is 40.5 Å². The fraction of sp³-hybridized carbons (Fsp3) is 0.733. The number of hydrogen-bond acceptors (Lipinski definition) is 4. The first-order chi connectivity index (χ1) is 9.96. The van der Waals surface area contributed by atoms with Crippen LogP contribution in [0.25, 0.3) is 0 Å². The molecule has 1 saturated heterocycles. The molecule has 3 heterocycles. The number of aromatic nitrogens is 2. The Balaban J connectivity index is 1.89. The topological polar surface area (TPSA) is 65.4 Å². The Labute approximate surface area is 124 Å². The molecular formula is C15H23N3O3. The molecule has 1 aromatic rings. The van der Waals surface area contributed by atoms with Gasteiger partial charge in [0.1, 0.15) is 0 Å². The van der Waals surface area contributed by atoms with E-state index >= 15 is 0 Å². The number of hydrogen-bond donors (Lipinski definition) is 1. The van der Waals surface area contributed by atoms with Crippen molar-refractivity contribution in [3.8, 4) is 0 Å². The van der Waals surface area contributed by atoms with E-state index in [4.69, 9.17) is 9.47 Å². The van der Waals surface area contributed by atoms with E-state index in [2.05, 4.69) is 17.3 Å². The lowest BCUT2D eigenvalue weighted by Gasteiger charge is -2.41. The van der Waals surface area contributed by atoms with Crippen molar-refractivity contribution >= 4 is 5.91 Å². The molecule has 1 N–H and O–H groups in total. The Morgan fingerprint density at radius 2 is 2.19 bits per heavy atom. The molecule has 0 aliphatic carbocycles. The fourth-order valence-electron chi connectivity index (χ4n) is 3.23. The minimum Gasteiger partial charge on any atom is -0.376 e. The number of carbonyl (C=O) groups is 1. The predicted molar refractivity (Wildman–Crippen MR) is 77.2 cm³/mol. The highest BCUT2D eigenvalue weighted by atomic mass is 16.5. The Kier molecular flexibility index (Phi) is 3.53. The Morgan fingerprint density at radius 1 is 1.48 bits per heavy atom. The third-order valence-electron chi connectivity index (χ3n) is 4.53. The number of amides is 1. The van der Waals surface area contributed by atoms with Crippen LogP contribution in [0.3, 0.4) is 0 Å². The molecule has 0 aromatic carbocycles. The molecule has 2 aliphatic rings. The van der Waals surface area contributed by atoms with Gasteiger partial charge in [-0.05, 0) is 20.3 Å². The van der Waals surface area contributed by atoms with Gasteiger partial charge in [0.25, 0.3) is 5.91 Å². The summed E-state index contributed by atoms with van der Waals surface area (Å²) in [5.41, 5.74) is 2.35. The second-order valence-corrected chi connectivity index (χ2v) is 6.21. The monoisotopic (exact) mass is 293 g/mol. The molecule has 2 atom stereocenters. The van der Waals surface area contributed by atoms with E-state index in [1.165, 1.54) is 0 Å². The summed E-state index contributed by atoms with van der Waals surface area (Å²) in [7, 11) is 1.87. The third kappa shape index (κ3) is 2.36. The number of rotatable bonds is 3. The van der Waals surface area contributed by atoms with Crippen LogP contribution in [-0.2, 0) is 22.9 Å². The van der Waals surface area contributed by atoms with Gasteiger partial charge in [-0.25, -0.2) is 0 Å². The molecule has 1 fully saturated rings. The van der Waals surface area contributed by atoms with Crippen LogP contribution in [0.4, 0.5) is 0 Å². The SMILES string of the molecule is CCC1(NC(=O)c2nn(C)c3c2C[C@H](C)O[C@@H]3C)COC1. The highest BCUT2D eigenvalue weighted by molar-refractivity contribution is 5.94. The summed E-state index contributed by atoms with van der Waals surface area (Å²) in [5, 5.41) is 7.55. The van der Waals surface area contributed by atoms with Gasteiger partial charge >= 0.3 is 0 Å². The summed E-state index contributed by atoms with van der Waals surface area (Å²) in [4.78, 5) is 12.6. The predicted octanol–water partition coefficient (Wildman–Crippen LogP) is 1.35. The molecule has 0 bridgehead atoms. The van der Waals surface area contributed by atoms with Gasteiger partial charge in [-0.15, -0.1) is 0 Å². The molecular weight excluding hydrogens is 270 g/mol. The first-order valence-corrected chi connectivity index (χ1v) is 7.57. The van der Waals surface area contributed by atoms with E-state index in [9.17, 15) is 4.79 Å². The van der Waals surface area contributed by atoms with Gasteiger partial charge in [-0.3, -0.25) is 9.48 Å². The summed E-state index contributed by atoms with van der Waals surface area (Å²) < 4.78 is 12.9. The lowest BCUT2D eigenvalue weighted by Crippen LogP contribution is -2.61. The standard InChI is InChI=1S/C15H23N3O3/c1-5-15(7-20-8-15)16-14(19)12-11-6-9(2)21-10(3)13(11)18(4)17-12/h9-10H,5-8H2,1-4H3,(H,16,19)/t9-,10+/m0/s1. The van der Waals surface area contributed by atoms with Crippen LogP contribution in [0.15, 0.2) is 0 Å². The normalized spacial score (nSPS) is 26.9. The highest BCUT2D eigenvalue weighted by Crippen LogP contribution is 2.32. The number of carbonyl (C=O) groups excluding carboxylic acids is 1. The summed E-state index contributed by atoms with van der Waals surface area (Å²) in [6, 6.07) is 0. The number of nitrogens with one attached hydrogen (secondary N) is 1. The lowest BCUT2D eigenvalue weighted by molar-refractivity contribution is -0.0710. The van der Waals surface area contributed by atoms with Crippen molar-refractivity contribution in [2.24, 2.45) is 7.05 Å². The van der Waals surface area contributed by atoms with Crippen LogP contribution in [0, 0.1) is 0 Å². The van der Waals surface area contributed by atoms with Crippen molar-refractivity contribution in [2.45, 2.75) is 51.4 Å². The molecule has 116 valence electrons. The summed E-state index contributed by atoms with van der Waals surface area (Å²) in [6.45, 7) is 7.27. The minimum atomic E-state index is -0.218. The Morgan fingerprint density at radius 3 is 2.76 bits per heavy atom. The molecule has 3 rings (SSSR count). The summed E-state index contributed by atoms with van der Waals surface area (Å²) in [6.07, 6.45) is 1.67. The molecule has 6 heteroatoms. The van der Waals surface area contributed by atoms with Crippen LogP contribution >= 0.6 is 0 Å². The summed E-state index contributed by atoms with van der Waals surface area (Å²) >= 11 is 0. The van der Waals surface area contributed by atoms with Crippen molar-refractivity contribution in [3.63, 3.8) is 0 Å². The van der Waals surface area contributed by atoms with Gasteiger partial charge in [0.2, 0.25) is 0 Å². The number of aryl methyl sites for hydroxylation is 1. The molecule has 1 amide bonds. The molecule has 1 aromatic heterocycles. The molecule has 2 aliphatic heterocycles. The minimum absolute atomic E-state index is 0.0324. The molecule has 0 saturated carbocycles. The zero-order valence-corrected chi connectivity index (χ0v) is 13.1. The number of nitrogens with zero attached hydrogens (tertiary/aromatic N) is 2. The Hall–Kier alpha value is -1.40. The average Bonchev–Trinajstić information content (AvgIpc) is 2.71. The van der Waals surface area contributed by atoms with Crippen LogP contribution in [0.5, 0.6) is 0 Å². The molecule has 6 nitrogen and oxygen atoms in total. The van der Waals surface area contributed by atoms with E-state index in [-0.39, 0.29) is 23.7 Å². The second kappa shape index (κ2) is 5.10. The van der Waals surface area contributed by atoms with E-state index in [0.717, 1.165) is 24.1 Å². The average molecular weight is 293 g/mol. The van der Waals surface area contributed by atoms with Crippen molar-refractivity contribution in [2.75, 3.05) is 13.2 Å². The van der Waals surface area contributed by atoms with Gasteiger partial charge in [-0.1, -0.05) is 6.92 Å². The smallest absolute Gasteiger partial charge is 0.272 e. The van der Waals surface area contributed by atoms with E-state index in [0.29, 0.717) is 18.9 Å². The maximum Gasteiger partial charge on any atom is 0.272 e. The maximum atomic E-state index is 12.6. The van der Waals surface area contributed by atoms with Gasteiger partial charge < -0.3 is 14.8 Å². The molecule has 0 radical (unpaired) electrons. The zero-order chi connectivity index (χ0) is 15.2. The fourth-order valence-corrected chi connectivity index (χ4v) is 3.23. The van der Waals surface area contributed by atoms with Crippen LogP contribution in [0.1, 0.15) is 55.0 Å². The number of ether oxygens (including phenoxy) is 2. The third-order valence-corrected chi connectivity index (χ3v) is 4.53. The Bertz CT molecular complexity index is 557. The maximum absolute atomic E-state index is 12.6.